The van der Waals surface area contributed by atoms with E-state index in [0.29, 0.717) is 18.6 Å². The summed E-state index contributed by atoms with van der Waals surface area (Å²) in [6, 6.07) is 9.84. The van der Waals surface area contributed by atoms with Gasteiger partial charge in [0.25, 0.3) is 0 Å². The first kappa shape index (κ1) is 26.0. The average Bonchev–Trinajstić information content (AvgIpc) is 2.69. The zero-order chi connectivity index (χ0) is 20.4. The summed E-state index contributed by atoms with van der Waals surface area (Å²) < 4.78 is 5.43. The molecular weight excluding hydrogens is 477 g/mol. The Morgan fingerprint density at radius 1 is 1.07 bits per heavy atom. The maximum Gasteiger partial charge on any atom is 0.191 e. The van der Waals surface area contributed by atoms with Gasteiger partial charge < -0.3 is 20.3 Å². The fraction of sp³-hybridized carbons (Fsp3) is 0.682. The van der Waals surface area contributed by atoms with Crippen molar-refractivity contribution < 1.29 is 4.74 Å². The lowest BCUT2D eigenvalue weighted by Gasteiger charge is -2.30. The van der Waals surface area contributed by atoms with E-state index in [-0.39, 0.29) is 24.0 Å². The Labute approximate surface area is 194 Å². The van der Waals surface area contributed by atoms with E-state index in [4.69, 9.17) is 9.73 Å². The number of guanidine groups is 1. The van der Waals surface area contributed by atoms with Gasteiger partial charge in [0.2, 0.25) is 0 Å². The lowest BCUT2D eigenvalue weighted by Crippen LogP contribution is -2.45. The van der Waals surface area contributed by atoms with Gasteiger partial charge in [0.1, 0.15) is 0 Å². The molecule has 0 bridgehead atoms. The molecule has 1 aromatic rings. The number of halogens is 1. The third-order valence-corrected chi connectivity index (χ3v) is 5.07. The molecule has 0 aliphatic carbocycles. The summed E-state index contributed by atoms with van der Waals surface area (Å²) in [5.41, 5.74) is 2.49. The molecule has 29 heavy (non-hydrogen) atoms. The third kappa shape index (κ3) is 9.09. The first-order valence-corrected chi connectivity index (χ1v) is 10.7. The second kappa shape index (κ2) is 14.0. The van der Waals surface area contributed by atoms with Crippen LogP contribution < -0.4 is 15.5 Å². The number of hydrogen-bond donors (Lipinski definition) is 2. The van der Waals surface area contributed by atoms with Crippen molar-refractivity contribution in [3.63, 3.8) is 0 Å². The van der Waals surface area contributed by atoms with Gasteiger partial charge in [-0.25, -0.2) is 4.99 Å². The highest BCUT2D eigenvalue weighted by Gasteiger charge is 2.13. The maximum atomic E-state index is 5.43. The molecule has 1 aliphatic heterocycles. The van der Waals surface area contributed by atoms with Crippen LogP contribution in [0.4, 0.5) is 5.69 Å². The molecular formula is C22H40IN5O. The van der Waals surface area contributed by atoms with Crippen molar-refractivity contribution in [1.29, 1.82) is 0 Å². The number of anilines is 1. The number of benzene rings is 1. The number of nitrogens with zero attached hydrogens (tertiary/aromatic N) is 3. The number of aliphatic imine (C=N–C) groups is 1. The van der Waals surface area contributed by atoms with Crippen LogP contribution in [-0.4, -0.2) is 68.9 Å². The maximum absolute atomic E-state index is 5.43. The molecule has 1 saturated heterocycles. The fourth-order valence-corrected chi connectivity index (χ4v) is 3.56. The van der Waals surface area contributed by atoms with Crippen LogP contribution in [0.15, 0.2) is 29.3 Å². The van der Waals surface area contributed by atoms with Crippen molar-refractivity contribution in [3.05, 3.63) is 29.8 Å². The number of morpholine rings is 1. The van der Waals surface area contributed by atoms with Crippen LogP contribution in [0.3, 0.4) is 0 Å². The number of hydrogen-bond acceptors (Lipinski definition) is 4. The van der Waals surface area contributed by atoms with Crippen LogP contribution in [0, 0.1) is 0 Å². The molecule has 1 fully saturated rings. The van der Waals surface area contributed by atoms with Crippen LogP contribution >= 0.6 is 24.0 Å². The molecule has 0 spiro atoms. The topological polar surface area (TPSA) is 52.1 Å². The molecule has 7 heteroatoms. The molecule has 0 amide bonds. The minimum absolute atomic E-state index is 0. The predicted molar refractivity (Wildman–Crippen MR) is 135 cm³/mol. The molecule has 1 heterocycles. The molecule has 0 atom stereocenters. The molecule has 0 aromatic heterocycles. The number of ether oxygens (including phenoxy) is 1. The normalized spacial score (nSPS) is 15.0. The molecule has 1 aromatic carbocycles. The minimum atomic E-state index is 0. The van der Waals surface area contributed by atoms with Gasteiger partial charge in [0, 0.05) is 50.5 Å². The van der Waals surface area contributed by atoms with E-state index in [9.17, 15) is 0 Å². The zero-order valence-corrected chi connectivity index (χ0v) is 21.1. The van der Waals surface area contributed by atoms with Crippen LogP contribution in [0.1, 0.15) is 40.2 Å². The summed E-state index contributed by atoms with van der Waals surface area (Å²) in [6.45, 7) is 18.1. The molecule has 1 aliphatic rings. The van der Waals surface area contributed by atoms with Crippen LogP contribution in [0.2, 0.25) is 0 Å². The smallest absolute Gasteiger partial charge is 0.191 e. The van der Waals surface area contributed by atoms with Crippen molar-refractivity contribution in [2.45, 2.75) is 53.2 Å². The van der Waals surface area contributed by atoms with E-state index in [1.54, 1.807) is 0 Å². The quantitative estimate of drug-likeness (QED) is 0.299. The number of nitrogens with one attached hydrogen (secondary N) is 2. The third-order valence-electron chi connectivity index (χ3n) is 5.07. The number of rotatable bonds is 9. The molecule has 0 radical (unpaired) electrons. The van der Waals surface area contributed by atoms with E-state index in [0.717, 1.165) is 51.9 Å². The van der Waals surface area contributed by atoms with Crippen molar-refractivity contribution in [1.82, 2.24) is 15.5 Å². The Bertz CT molecular complexity index is 577. The van der Waals surface area contributed by atoms with Crippen LogP contribution in [0.5, 0.6) is 0 Å². The Kier molecular flexibility index (Phi) is 12.6. The average molecular weight is 518 g/mol. The fourth-order valence-electron chi connectivity index (χ4n) is 3.56. The summed E-state index contributed by atoms with van der Waals surface area (Å²) in [7, 11) is 0. The molecule has 0 unspecified atom stereocenters. The van der Waals surface area contributed by atoms with E-state index in [1.165, 1.54) is 11.3 Å². The second-order valence-corrected chi connectivity index (χ2v) is 7.81. The zero-order valence-electron chi connectivity index (χ0n) is 18.8. The van der Waals surface area contributed by atoms with Gasteiger partial charge in [-0.2, -0.15) is 0 Å². The molecule has 2 rings (SSSR count). The lowest BCUT2D eigenvalue weighted by molar-refractivity contribution is 0.122. The lowest BCUT2D eigenvalue weighted by atomic mass is 10.2. The Hall–Kier alpha value is -1.06. The summed E-state index contributed by atoms with van der Waals surface area (Å²) in [4.78, 5) is 9.61. The monoisotopic (exact) mass is 517 g/mol. The van der Waals surface area contributed by atoms with Crippen molar-refractivity contribution in [2.24, 2.45) is 4.99 Å². The minimum Gasteiger partial charge on any atom is -0.378 e. The van der Waals surface area contributed by atoms with E-state index < -0.39 is 0 Å². The second-order valence-electron chi connectivity index (χ2n) is 7.81. The summed E-state index contributed by atoms with van der Waals surface area (Å²) >= 11 is 0. The van der Waals surface area contributed by atoms with Gasteiger partial charge in [0.05, 0.1) is 19.8 Å². The SMILES string of the molecule is CCNC(=NCc1ccc(N2CCOCC2)cc1)NCCN(C(C)C)C(C)C.I. The first-order valence-electron chi connectivity index (χ1n) is 10.7. The highest BCUT2D eigenvalue weighted by molar-refractivity contribution is 14.0. The first-order chi connectivity index (χ1) is 13.5. The Morgan fingerprint density at radius 2 is 1.69 bits per heavy atom. The summed E-state index contributed by atoms with van der Waals surface area (Å²) in [6.07, 6.45) is 0. The van der Waals surface area contributed by atoms with Crippen LogP contribution in [0.25, 0.3) is 0 Å². The molecule has 6 nitrogen and oxygen atoms in total. The Morgan fingerprint density at radius 3 is 2.24 bits per heavy atom. The largest absolute Gasteiger partial charge is 0.378 e. The standard InChI is InChI=1S/C22H39N5O.HI/c1-6-23-22(24-11-12-27(18(2)3)19(4)5)25-17-20-7-9-21(10-8-20)26-13-15-28-16-14-26;/h7-10,18-19H,6,11-17H2,1-5H3,(H2,23,24,25);1H. The summed E-state index contributed by atoms with van der Waals surface area (Å²) in [5, 5.41) is 6.82. The molecule has 2 N–H and O–H groups in total. The molecule has 0 saturated carbocycles. The van der Waals surface area contributed by atoms with Gasteiger partial charge in [-0.1, -0.05) is 12.1 Å². The van der Waals surface area contributed by atoms with Crippen LogP contribution in [-0.2, 0) is 11.3 Å². The van der Waals surface area contributed by atoms with E-state index in [1.807, 2.05) is 0 Å². The van der Waals surface area contributed by atoms with Crippen molar-refractivity contribution in [2.75, 3.05) is 50.8 Å². The Balaban J connectivity index is 0.00000420. The van der Waals surface area contributed by atoms with Crippen molar-refractivity contribution >= 4 is 35.6 Å². The summed E-state index contributed by atoms with van der Waals surface area (Å²) in [5.74, 6) is 0.882. The highest BCUT2D eigenvalue weighted by Crippen LogP contribution is 2.17. The van der Waals surface area contributed by atoms with Crippen molar-refractivity contribution in [3.8, 4) is 0 Å². The highest BCUT2D eigenvalue weighted by atomic mass is 127. The van der Waals surface area contributed by atoms with E-state index >= 15 is 0 Å². The van der Waals surface area contributed by atoms with Gasteiger partial charge in [-0.05, 0) is 52.3 Å². The van der Waals surface area contributed by atoms with Gasteiger partial charge in [0.15, 0.2) is 5.96 Å². The van der Waals surface area contributed by atoms with Gasteiger partial charge in [-0.15, -0.1) is 24.0 Å². The van der Waals surface area contributed by atoms with Gasteiger partial charge in [-0.3, -0.25) is 4.90 Å². The van der Waals surface area contributed by atoms with Gasteiger partial charge >= 0.3 is 0 Å². The molecule has 166 valence electrons. The predicted octanol–water partition coefficient (Wildman–Crippen LogP) is 3.32. The van der Waals surface area contributed by atoms with E-state index in [2.05, 4.69) is 79.3 Å².